The summed E-state index contributed by atoms with van der Waals surface area (Å²) in [5.74, 6) is 1.27. The highest BCUT2D eigenvalue weighted by Crippen LogP contribution is 2.30. The van der Waals surface area contributed by atoms with Crippen LogP contribution in [0.2, 0.25) is 0 Å². The Labute approximate surface area is 127 Å². The minimum absolute atomic E-state index is 0.0134. The van der Waals surface area contributed by atoms with E-state index in [0.29, 0.717) is 11.3 Å². The third kappa shape index (κ3) is 4.17. The Bertz CT molecular complexity index is 444. The van der Waals surface area contributed by atoms with Crippen LogP contribution in [0.15, 0.2) is 18.2 Å². The minimum Gasteiger partial charge on any atom is -0.496 e. The molecule has 0 aromatic heterocycles. The first-order valence-corrected chi connectivity index (χ1v) is 7.87. The number of ether oxygens (including phenoxy) is 1. The molecule has 0 spiro atoms. The molecule has 1 fully saturated rings. The number of hydrogen-bond donors (Lipinski definition) is 1. The van der Waals surface area contributed by atoms with E-state index in [1.165, 1.54) is 18.9 Å². The largest absolute Gasteiger partial charge is 0.496 e. The molecule has 2 rings (SSSR count). The van der Waals surface area contributed by atoms with Crippen LogP contribution in [-0.2, 0) is 0 Å². The van der Waals surface area contributed by atoms with Crippen molar-refractivity contribution >= 4 is 0 Å². The van der Waals surface area contributed by atoms with E-state index in [2.05, 4.69) is 17.1 Å². The molecule has 118 valence electrons. The number of likely N-dealkylation sites (tertiary alicyclic amines) is 1. The van der Waals surface area contributed by atoms with Gasteiger partial charge in [-0.05, 0) is 64.0 Å². The van der Waals surface area contributed by atoms with E-state index in [1.54, 1.807) is 13.2 Å². The third-order valence-corrected chi connectivity index (χ3v) is 4.54. The second-order valence-corrected chi connectivity index (χ2v) is 6.01. The summed E-state index contributed by atoms with van der Waals surface area (Å²) < 4.78 is 19.5. The molecule has 3 nitrogen and oxygen atoms in total. The number of nitrogens with one attached hydrogen (secondary N) is 1. The molecule has 0 radical (unpaired) electrons. The second-order valence-electron chi connectivity index (χ2n) is 6.01. The fourth-order valence-electron chi connectivity index (χ4n) is 3.06. The van der Waals surface area contributed by atoms with Crippen molar-refractivity contribution in [2.24, 2.45) is 5.92 Å². The summed E-state index contributed by atoms with van der Waals surface area (Å²) in [4.78, 5) is 2.48. The van der Waals surface area contributed by atoms with Crippen LogP contribution < -0.4 is 10.1 Å². The summed E-state index contributed by atoms with van der Waals surface area (Å²) in [6.45, 7) is 5.63. The van der Waals surface area contributed by atoms with Crippen LogP contribution in [0.4, 0.5) is 4.39 Å². The van der Waals surface area contributed by atoms with E-state index in [-0.39, 0.29) is 11.9 Å². The Kier molecular flexibility index (Phi) is 6.00. The van der Waals surface area contributed by atoms with Crippen molar-refractivity contribution in [3.63, 3.8) is 0 Å². The first-order valence-electron chi connectivity index (χ1n) is 7.87. The monoisotopic (exact) mass is 294 g/mol. The zero-order valence-electron chi connectivity index (χ0n) is 13.4. The Morgan fingerprint density at radius 1 is 1.38 bits per heavy atom. The normalized spacial score (nSPS) is 18.7. The molecular formula is C17H27FN2O. The van der Waals surface area contributed by atoms with Crippen LogP contribution in [0.25, 0.3) is 0 Å². The lowest BCUT2D eigenvalue weighted by Crippen LogP contribution is -2.35. The molecular weight excluding hydrogens is 267 g/mol. The van der Waals surface area contributed by atoms with Gasteiger partial charge in [0.25, 0.3) is 0 Å². The average Bonchev–Trinajstić information content (AvgIpc) is 2.50. The van der Waals surface area contributed by atoms with E-state index in [0.717, 1.165) is 32.0 Å². The van der Waals surface area contributed by atoms with Crippen molar-refractivity contribution in [1.82, 2.24) is 10.2 Å². The fraction of sp³-hybridized carbons (Fsp3) is 0.647. The Morgan fingerprint density at radius 2 is 2.10 bits per heavy atom. The summed E-state index contributed by atoms with van der Waals surface area (Å²) in [7, 11) is 3.48. The second kappa shape index (κ2) is 7.76. The number of methoxy groups -OCH3 is 1. The van der Waals surface area contributed by atoms with Gasteiger partial charge in [-0.25, -0.2) is 4.39 Å². The minimum atomic E-state index is -0.194. The van der Waals surface area contributed by atoms with Crippen LogP contribution in [0.1, 0.15) is 37.8 Å². The number of halogens is 1. The standard InChI is InChI=1S/C17H27FN2O/c1-13-7-10-20(11-8-13)12-9-15(19-2)17-14(18)5-4-6-16(17)21-3/h4-6,13,15,19H,7-12H2,1-3H3. The van der Waals surface area contributed by atoms with Gasteiger partial charge in [0.2, 0.25) is 0 Å². The van der Waals surface area contributed by atoms with Gasteiger partial charge in [0, 0.05) is 11.6 Å². The molecule has 1 aromatic rings. The van der Waals surface area contributed by atoms with Crippen molar-refractivity contribution < 1.29 is 9.13 Å². The molecule has 1 N–H and O–H groups in total. The highest BCUT2D eigenvalue weighted by molar-refractivity contribution is 5.37. The van der Waals surface area contributed by atoms with E-state index in [1.807, 2.05) is 13.1 Å². The lowest BCUT2D eigenvalue weighted by Gasteiger charge is -2.31. The van der Waals surface area contributed by atoms with Gasteiger partial charge in [0.05, 0.1) is 7.11 Å². The molecule has 1 aromatic carbocycles. The van der Waals surface area contributed by atoms with E-state index >= 15 is 0 Å². The SMILES string of the molecule is CNC(CCN1CCC(C)CC1)c1c(F)cccc1OC. The van der Waals surface area contributed by atoms with Crippen molar-refractivity contribution in [3.8, 4) is 5.75 Å². The van der Waals surface area contributed by atoms with Gasteiger partial charge in [-0.3, -0.25) is 0 Å². The van der Waals surface area contributed by atoms with E-state index in [4.69, 9.17) is 4.74 Å². The number of nitrogens with zero attached hydrogens (tertiary/aromatic N) is 1. The Balaban J connectivity index is 2.00. The predicted octanol–water partition coefficient (Wildman–Crippen LogP) is 3.22. The van der Waals surface area contributed by atoms with Crippen LogP contribution in [0.5, 0.6) is 5.75 Å². The summed E-state index contributed by atoms with van der Waals surface area (Å²) in [6.07, 6.45) is 3.43. The lowest BCUT2D eigenvalue weighted by atomic mass is 9.97. The molecule has 0 bridgehead atoms. The molecule has 1 atom stereocenters. The quantitative estimate of drug-likeness (QED) is 0.872. The number of hydrogen-bond acceptors (Lipinski definition) is 3. The molecule has 4 heteroatoms. The molecule has 1 heterocycles. The van der Waals surface area contributed by atoms with Gasteiger partial charge < -0.3 is 15.0 Å². The fourth-order valence-corrected chi connectivity index (χ4v) is 3.06. The molecule has 0 saturated carbocycles. The predicted molar refractivity (Wildman–Crippen MR) is 84.2 cm³/mol. The summed E-state index contributed by atoms with van der Waals surface area (Å²) in [6, 6.07) is 5.01. The van der Waals surface area contributed by atoms with Crippen molar-refractivity contribution in [1.29, 1.82) is 0 Å². The zero-order valence-corrected chi connectivity index (χ0v) is 13.4. The topological polar surface area (TPSA) is 24.5 Å². The van der Waals surface area contributed by atoms with Gasteiger partial charge in [0.1, 0.15) is 11.6 Å². The van der Waals surface area contributed by atoms with Gasteiger partial charge in [-0.2, -0.15) is 0 Å². The highest BCUT2D eigenvalue weighted by atomic mass is 19.1. The van der Waals surface area contributed by atoms with E-state index in [9.17, 15) is 4.39 Å². The van der Waals surface area contributed by atoms with Crippen molar-refractivity contribution in [2.45, 2.75) is 32.2 Å². The number of rotatable bonds is 6. The summed E-state index contributed by atoms with van der Waals surface area (Å²) in [5.41, 5.74) is 0.646. The van der Waals surface area contributed by atoms with Crippen LogP contribution in [-0.4, -0.2) is 38.7 Å². The summed E-state index contributed by atoms with van der Waals surface area (Å²) in [5, 5.41) is 3.24. The first kappa shape index (κ1) is 16.2. The summed E-state index contributed by atoms with van der Waals surface area (Å²) >= 11 is 0. The smallest absolute Gasteiger partial charge is 0.131 e. The van der Waals surface area contributed by atoms with E-state index < -0.39 is 0 Å². The first-order chi connectivity index (χ1) is 10.2. The molecule has 1 aliphatic heterocycles. The maximum Gasteiger partial charge on any atom is 0.131 e. The average molecular weight is 294 g/mol. The molecule has 1 saturated heterocycles. The van der Waals surface area contributed by atoms with Crippen molar-refractivity contribution in [3.05, 3.63) is 29.6 Å². The highest BCUT2D eigenvalue weighted by Gasteiger charge is 2.21. The molecule has 0 amide bonds. The maximum atomic E-state index is 14.2. The Morgan fingerprint density at radius 3 is 2.71 bits per heavy atom. The third-order valence-electron chi connectivity index (χ3n) is 4.54. The maximum absolute atomic E-state index is 14.2. The molecule has 1 aliphatic rings. The van der Waals surface area contributed by atoms with Crippen LogP contribution >= 0.6 is 0 Å². The van der Waals surface area contributed by atoms with Gasteiger partial charge in [0.15, 0.2) is 0 Å². The van der Waals surface area contributed by atoms with Crippen LogP contribution in [0.3, 0.4) is 0 Å². The van der Waals surface area contributed by atoms with Gasteiger partial charge in [-0.1, -0.05) is 13.0 Å². The lowest BCUT2D eigenvalue weighted by molar-refractivity contribution is 0.184. The molecule has 0 aliphatic carbocycles. The van der Waals surface area contributed by atoms with Crippen LogP contribution in [0, 0.1) is 11.7 Å². The Hall–Kier alpha value is -1.13. The zero-order chi connectivity index (χ0) is 15.2. The van der Waals surface area contributed by atoms with Gasteiger partial charge >= 0.3 is 0 Å². The molecule has 1 unspecified atom stereocenters. The van der Waals surface area contributed by atoms with Crippen molar-refractivity contribution in [2.75, 3.05) is 33.8 Å². The number of benzene rings is 1. The molecule has 21 heavy (non-hydrogen) atoms. The number of piperidine rings is 1. The van der Waals surface area contributed by atoms with Gasteiger partial charge in [-0.15, -0.1) is 0 Å².